The molecule has 7 nitrogen and oxygen atoms in total. The van der Waals surface area contributed by atoms with Gasteiger partial charge < -0.3 is 4.90 Å². The number of nitrogens with zero attached hydrogens (tertiary/aromatic N) is 2. The number of sulfonamides is 1. The van der Waals surface area contributed by atoms with Crippen molar-refractivity contribution >= 4 is 49.1 Å². The average molecular weight is 474 g/mol. The van der Waals surface area contributed by atoms with E-state index in [2.05, 4.69) is 20.7 Å². The standard InChI is InChI=1S/C20H16BrN3O4S/c21-13-1-3-14(4-2-13)22-29(27,28)16-7-5-15(6-8-16)24-19(25)17-12-9-10-23(11-12)18(17)20(24)26/h1-10,12,17-18,22H,11H2. The quantitative estimate of drug-likeness (QED) is 0.689. The zero-order chi connectivity index (χ0) is 20.3. The molecular formula is C20H16BrN3O4S. The fraction of sp³-hybridized carbons (Fsp3) is 0.200. The molecule has 3 aliphatic heterocycles. The van der Waals surface area contributed by atoms with Gasteiger partial charge in [0, 0.05) is 22.6 Å². The predicted octanol–water partition coefficient (Wildman–Crippen LogP) is 2.57. The third-order valence-electron chi connectivity index (χ3n) is 5.59. The van der Waals surface area contributed by atoms with Crippen LogP contribution in [0.2, 0.25) is 0 Å². The lowest BCUT2D eigenvalue weighted by atomic mass is 9.91. The maximum absolute atomic E-state index is 12.8. The summed E-state index contributed by atoms with van der Waals surface area (Å²) in [5.74, 6) is -0.762. The summed E-state index contributed by atoms with van der Waals surface area (Å²) in [7, 11) is -3.79. The lowest BCUT2D eigenvalue weighted by Gasteiger charge is -2.20. The molecule has 0 aromatic heterocycles. The molecule has 0 aliphatic carbocycles. The van der Waals surface area contributed by atoms with Crippen molar-refractivity contribution < 1.29 is 18.0 Å². The summed E-state index contributed by atoms with van der Waals surface area (Å²) >= 11 is 3.31. The van der Waals surface area contributed by atoms with Crippen molar-refractivity contribution in [2.24, 2.45) is 11.8 Å². The summed E-state index contributed by atoms with van der Waals surface area (Å²) < 4.78 is 28.6. The normalized spacial score (nSPS) is 25.1. The zero-order valence-electron chi connectivity index (χ0n) is 15.0. The molecular weight excluding hydrogens is 458 g/mol. The predicted molar refractivity (Wildman–Crippen MR) is 110 cm³/mol. The Morgan fingerprint density at radius 2 is 1.66 bits per heavy atom. The van der Waals surface area contributed by atoms with Crippen LogP contribution in [0.15, 0.2) is 70.2 Å². The highest BCUT2D eigenvalue weighted by Crippen LogP contribution is 2.43. The summed E-state index contributed by atoms with van der Waals surface area (Å²) in [4.78, 5) is 28.8. The summed E-state index contributed by atoms with van der Waals surface area (Å²) in [5.41, 5.74) is 0.824. The highest BCUT2D eigenvalue weighted by Gasteiger charge is 2.58. The molecule has 1 N–H and O–H groups in total. The van der Waals surface area contributed by atoms with Gasteiger partial charge in [0.15, 0.2) is 0 Å². The Bertz CT molecular complexity index is 1120. The van der Waals surface area contributed by atoms with E-state index < -0.39 is 16.1 Å². The second-order valence-electron chi connectivity index (χ2n) is 7.29. The van der Waals surface area contributed by atoms with E-state index in [1.54, 1.807) is 24.3 Å². The van der Waals surface area contributed by atoms with Crippen molar-refractivity contribution in [3.63, 3.8) is 0 Å². The minimum absolute atomic E-state index is 0.0499. The summed E-state index contributed by atoms with van der Waals surface area (Å²) in [6, 6.07) is 12.1. The number of fused-ring (bicyclic) bond motifs is 5. The van der Waals surface area contributed by atoms with Gasteiger partial charge in [-0.1, -0.05) is 22.0 Å². The highest BCUT2D eigenvalue weighted by atomic mass is 79.9. The van der Waals surface area contributed by atoms with E-state index in [0.29, 0.717) is 17.9 Å². The van der Waals surface area contributed by atoms with E-state index in [0.717, 1.165) is 4.47 Å². The number of anilines is 2. The van der Waals surface area contributed by atoms with Gasteiger partial charge in [0.2, 0.25) is 5.91 Å². The molecule has 0 saturated carbocycles. The second-order valence-corrected chi connectivity index (χ2v) is 9.89. The molecule has 3 atom stereocenters. The Hall–Kier alpha value is -2.65. The van der Waals surface area contributed by atoms with Crippen LogP contribution < -0.4 is 9.62 Å². The van der Waals surface area contributed by atoms with Crippen molar-refractivity contribution in [3.8, 4) is 0 Å². The second kappa shape index (κ2) is 6.43. The van der Waals surface area contributed by atoms with Crippen LogP contribution >= 0.6 is 15.9 Å². The zero-order valence-corrected chi connectivity index (χ0v) is 17.4. The third-order valence-corrected chi connectivity index (χ3v) is 7.51. The van der Waals surface area contributed by atoms with Gasteiger partial charge in [0.1, 0.15) is 6.04 Å². The van der Waals surface area contributed by atoms with E-state index in [-0.39, 0.29) is 28.5 Å². The first-order valence-corrected chi connectivity index (χ1v) is 11.3. The lowest BCUT2D eigenvalue weighted by molar-refractivity contribution is -0.123. The maximum Gasteiger partial charge on any atom is 0.261 e. The van der Waals surface area contributed by atoms with Crippen molar-refractivity contribution in [1.82, 2.24) is 4.90 Å². The van der Waals surface area contributed by atoms with E-state index in [1.165, 1.54) is 29.2 Å². The molecule has 2 aromatic rings. The number of nitrogens with one attached hydrogen (secondary N) is 1. The first kappa shape index (κ1) is 18.4. The van der Waals surface area contributed by atoms with Crippen molar-refractivity contribution in [2.75, 3.05) is 16.2 Å². The number of hydrogen-bond donors (Lipinski definition) is 1. The smallest absolute Gasteiger partial charge is 0.261 e. The number of benzene rings is 2. The maximum atomic E-state index is 12.8. The van der Waals surface area contributed by atoms with Crippen molar-refractivity contribution in [1.29, 1.82) is 0 Å². The van der Waals surface area contributed by atoms with Crippen LogP contribution in [0.25, 0.3) is 0 Å². The molecule has 3 unspecified atom stereocenters. The third kappa shape index (κ3) is 2.87. The Labute approximate surface area is 176 Å². The molecule has 29 heavy (non-hydrogen) atoms. The molecule has 0 radical (unpaired) electrons. The number of amides is 2. The van der Waals surface area contributed by atoms with Gasteiger partial charge >= 0.3 is 0 Å². The van der Waals surface area contributed by atoms with Gasteiger partial charge in [-0.25, -0.2) is 13.3 Å². The van der Waals surface area contributed by atoms with Crippen molar-refractivity contribution in [2.45, 2.75) is 10.9 Å². The minimum atomic E-state index is -3.79. The molecule has 2 saturated heterocycles. The number of hydrogen-bond acceptors (Lipinski definition) is 5. The minimum Gasteiger partial charge on any atom is -0.365 e. The van der Waals surface area contributed by atoms with Gasteiger partial charge in [0.25, 0.3) is 15.9 Å². The first-order valence-electron chi connectivity index (χ1n) is 9.05. The summed E-state index contributed by atoms with van der Waals surface area (Å²) in [5, 5.41) is 0. The molecule has 3 heterocycles. The average Bonchev–Trinajstić information content (AvgIpc) is 3.37. The molecule has 2 bridgehead atoms. The Morgan fingerprint density at radius 1 is 0.966 bits per heavy atom. The van der Waals surface area contributed by atoms with Crippen molar-refractivity contribution in [3.05, 3.63) is 65.3 Å². The fourth-order valence-corrected chi connectivity index (χ4v) is 5.55. The Balaban J connectivity index is 1.39. The van der Waals surface area contributed by atoms with E-state index in [1.807, 2.05) is 17.2 Å². The van der Waals surface area contributed by atoms with E-state index in [4.69, 9.17) is 0 Å². The van der Waals surface area contributed by atoms with Crippen LogP contribution in [-0.4, -0.2) is 37.7 Å². The number of rotatable bonds is 4. The molecule has 2 amide bonds. The monoisotopic (exact) mass is 473 g/mol. The molecule has 5 rings (SSSR count). The SMILES string of the molecule is O=C1C2C3C=CN(C3)C2C(=O)N1c1ccc(S(=O)(=O)Nc2ccc(Br)cc2)cc1. The Kier molecular flexibility index (Phi) is 4.08. The van der Waals surface area contributed by atoms with E-state index >= 15 is 0 Å². The summed E-state index contributed by atoms with van der Waals surface area (Å²) in [6.45, 7) is 0.708. The molecule has 9 heteroatoms. The van der Waals surface area contributed by atoms with Gasteiger partial charge in [-0.2, -0.15) is 0 Å². The number of imide groups is 1. The van der Waals surface area contributed by atoms with E-state index in [9.17, 15) is 18.0 Å². The first-order chi connectivity index (χ1) is 13.8. The summed E-state index contributed by atoms with van der Waals surface area (Å²) in [6.07, 6.45) is 3.85. The van der Waals surface area contributed by atoms with Crippen LogP contribution in [0, 0.1) is 11.8 Å². The molecule has 3 aliphatic rings. The van der Waals surface area contributed by atoms with Crippen LogP contribution in [0.4, 0.5) is 11.4 Å². The van der Waals surface area contributed by atoms with Crippen LogP contribution in [0.1, 0.15) is 0 Å². The number of carbonyl (C=O) groups excluding carboxylic acids is 2. The van der Waals surface area contributed by atoms with Gasteiger partial charge in [-0.3, -0.25) is 14.3 Å². The largest absolute Gasteiger partial charge is 0.365 e. The molecule has 0 spiro atoms. The number of halogens is 1. The molecule has 2 aromatic carbocycles. The van der Waals surface area contributed by atoms with Gasteiger partial charge in [-0.05, 0) is 54.7 Å². The highest BCUT2D eigenvalue weighted by molar-refractivity contribution is 9.10. The van der Waals surface area contributed by atoms with Crippen LogP contribution in [0.3, 0.4) is 0 Å². The van der Waals surface area contributed by atoms with Gasteiger partial charge in [-0.15, -0.1) is 0 Å². The van der Waals surface area contributed by atoms with Crippen LogP contribution in [0.5, 0.6) is 0 Å². The van der Waals surface area contributed by atoms with Gasteiger partial charge in [0.05, 0.1) is 16.5 Å². The topological polar surface area (TPSA) is 86.8 Å². The Morgan fingerprint density at radius 3 is 2.31 bits per heavy atom. The molecule has 148 valence electrons. The van der Waals surface area contributed by atoms with Crippen LogP contribution in [-0.2, 0) is 19.6 Å². The lowest BCUT2D eigenvalue weighted by Crippen LogP contribution is -2.37. The fourth-order valence-electron chi connectivity index (χ4n) is 4.23. The molecule has 2 fully saturated rings. The number of carbonyl (C=O) groups is 2.